The van der Waals surface area contributed by atoms with E-state index in [4.69, 9.17) is 16.3 Å². The average Bonchev–Trinajstić information content (AvgIpc) is 2.40. The van der Waals surface area contributed by atoms with Gasteiger partial charge < -0.3 is 15.0 Å². The van der Waals surface area contributed by atoms with Gasteiger partial charge in [0.15, 0.2) is 6.61 Å². The summed E-state index contributed by atoms with van der Waals surface area (Å²) >= 11 is 5.85. The van der Waals surface area contributed by atoms with Gasteiger partial charge >= 0.3 is 0 Å². The number of hydrogen-bond donors (Lipinski definition) is 1. The molecule has 0 aromatic heterocycles. The lowest BCUT2D eigenvalue weighted by Gasteiger charge is -2.38. The average molecular weight is 301 g/mol. The van der Waals surface area contributed by atoms with Crippen LogP contribution in [-0.4, -0.2) is 42.6 Å². The lowest BCUT2D eigenvalue weighted by molar-refractivity contribution is -0.137. The van der Waals surface area contributed by atoms with Gasteiger partial charge in [-0.1, -0.05) is 11.6 Å². The van der Waals surface area contributed by atoms with E-state index in [1.165, 1.54) is 12.1 Å². The summed E-state index contributed by atoms with van der Waals surface area (Å²) in [6, 6.07) is 4.21. The first-order chi connectivity index (χ1) is 9.49. The fourth-order valence-corrected chi connectivity index (χ4v) is 2.45. The highest BCUT2D eigenvalue weighted by atomic mass is 35.5. The summed E-state index contributed by atoms with van der Waals surface area (Å²) in [5, 5.41) is 3.47. The maximum atomic E-state index is 12.9. The van der Waals surface area contributed by atoms with Crippen molar-refractivity contribution in [3.63, 3.8) is 0 Å². The SMILES string of the molecule is CC1NCCN(C(=O)COc2ccc(F)cc2Cl)C1C. The Hall–Kier alpha value is -1.33. The summed E-state index contributed by atoms with van der Waals surface area (Å²) in [4.78, 5) is 14.0. The van der Waals surface area contributed by atoms with Crippen molar-refractivity contribution in [2.75, 3.05) is 19.7 Å². The molecule has 0 radical (unpaired) electrons. The van der Waals surface area contributed by atoms with Gasteiger partial charge in [-0.25, -0.2) is 4.39 Å². The summed E-state index contributed by atoms with van der Waals surface area (Å²) < 4.78 is 18.3. The summed E-state index contributed by atoms with van der Waals surface area (Å²) in [5.41, 5.74) is 0. The molecule has 1 heterocycles. The molecule has 4 nitrogen and oxygen atoms in total. The minimum atomic E-state index is -0.432. The van der Waals surface area contributed by atoms with Gasteiger partial charge in [-0.15, -0.1) is 0 Å². The molecule has 0 aliphatic carbocycles. The van der Waals surface area contributed by atoms with E-state index < -0.39 is 5.82 Å². The molecular weight excluding hydrogens is 283 g/mol. The number of piperazine rings is 1. The van der Waals surface area contributed by atoms with Gasteiger partial charge in [0.25, 0.3) is 5.91 Å². The van der Waals surface area contributed by atoms with Crippen molar-refractivity contribution in [3.05, 3.63) is 29.0 Å². The smallest absolute Gasteiger partial charge is 0.260 e. The van der Waals surface area contributed by atoms with Crippen LogP contribution in [0.3, 0.4) is 0 Å². The highest BCUT2D eigenvalue weighted by Gasteiger charge is 2.28. The van der Waals surface area contributed by atoms with Gasteiger partial charge in [0, 0.05) is 25.2 Å². The maximum absolute atomic E-state index is 12.9. The first kappa shape index (κ1) is 15.1. The molecule has 1 amide bonds. The topological polar surface area (TPSA) is 41.6 Å². The van der Waals surface area contributed by atoms with Crippen molar-refractivity contribution in [1.29, 1.82) is 0 Å². The molecule has 1 aliphatic heterocycles. The molecule has 6 heteroatoms. The van der Waals surface area contributed by atoms with Crippen LogP contribution in [0.5, 0.6) is 5.75 Å². The number of ether oxygens (including phenoxy) is 1. The standard InChI is InChI=1S/C14H18ClFN2O2/c1-9-10(2)18(6-5-17-9)14(19)8-20-13-4-3-11(16)7-12(13)15/h3-4,7,9-10,17H,5-6,8H2,1-2H3. The molecule has 1 fully saturated rings. The molecule has 0 bridgehead atoms. The number of nitrogens with zero attached hydrogens (tertiary/aromatic N) is 1. The molecule has 0 spiro atoms. The second kappa shape index (κ2) is 6.41. The van der Waals surface area contributed by atoms with E-state index in [1.54, 1.807) is 4.90 Å². The Kier molecular flexibility index (Phi) is 4.83. The number of amides is 1. The fourth-order valence-electron chi connectivity index (χ4n) is 2.22. The second-order valence-electron chi connectivity index (χ2n) is 4.93. The van der Waals surface area contributed by atoms with E-state index in [1.807, 2.05) is 13.8 Å². The van der Waals surface area contributed by atoms with Gasteiger partial charge in [0.1, 0.15) is 11.6 Å². The second-order valence-corrected chi connectivity index (χ2v) is 5.34. The lowest BCUT2D eigenvalue weighted by Crippen LogP contribution is -2.58. The maximum Gasteiger partial charge on any atom is 0.260 e. The van der Waals surface area contributed by atoms with E-state index >= 15 is 0 Å². The number of halogens is 2. The Bertz CT molecular complexity index is 498. The molecule has 2 unspecified atom stereocenters. The lowest BCUT2D eigenvalue weighted by atomic mass is 10.1. The third-order valence-electron chi connectivity index (χ3n) is 3.60. The molecule has 20 heavy (non-hydrogen) atoms. The molecule has 1 aromatic carbocycles. The summed E-state index contributed by atoms with van der Waals surface area (Å²) in [5.74, 6) is -0.207. The first-order valence-corrected chi connectivity index (χ1v) is 6.97. The van der Waals surface area contributed by atoms with E-state index in [9.17, 15) is 9.18 Å². The van der Waals surface area contributed by atoms with Gasteiger partial charge in [-0.3, -0.25) is 4.79 Å². The Morgan fingerprint density at radius 3 is 3.00 bits per heavy atom. The van der Waals surface area contributed by atoms with Crippen LogP contribution in [0, 0.1) is 5.82 Å². The van der Waals surface area contributed by atoms with Crippen molar-refractivity contribution in [3.8, 4) is 5.75 Å². The van der Waals surface area contributed by atoms with Crippen molar-refractivity contribution < 1.29 is 13.9 Å². The monoisotopic (exact) mass is 300 g/mol. The van der Waals surface area contributed by atoms with Crippen LogP contribution in [0.2, 0.25) is 5.02 Å². The third-order valence-corrected chi connectivity index (χ3v) is 3.90. The molecule has 2 atom stereocenters. The Morgan fingerprint density at radius 2 is 2.30 bits per heavy atom. The number of rotatable bonds is 3. The molecule has 1 N–H and O–H groups in total. The minimum Gasteiger partial charge on any atom is -0.482 e. The Labute approximate surface area is 122 Å². The van der Waals surface area contributed by atoms with Gasteiger partial charge in [-0.05, 0) is 32.0 Å². The van der Waals surface area contributed by atoms with Crippen molar-refractivity contribution in [1.82, 2.24) is 10.2 Å². The fraction of sp³-hybridized carbons (Fsp3) is 0.500. The predicted molar refractivity (Wildman–Crippen MR) is 75.5 cm³/mol. The summed E-state index contributed by atoms with van der Waals surface area (Å²) in [6.07, 6.45) is 0. The van der Waals surface area contributed by atoms with Crippen LogP contribution in [0.1, 0.15) is 13.8 Å². The number of carbonyl (C=O) groups is 1. The number of carbonyl (C=O) groups excluding carboxylic acids is 1. The third kappa shape index (κ3) is 3.41. The van der Waals surface area contributed by atoms with E-state index in [-0.39, 0.29) is 29.6 Å². The highest BCUT2D eigenvalue weighted by Crippen LogP contribution is 2.25. The molecule has 110 valence electrons. The molecule has 2 rings (SSSR count). The van der Waals surface area contributed by atoms with Crippen LogP contribution in [0.15, 0.2) is 18.2 Å². The predicted octanol–water partition coefficient (Wildman–Crippen LogP) is 2.07. The molecule has 0 saturated carbocycles. The largest absolute Gasteiger partial charge is 0.482 e. The Balaban J connectivity index is 1.94. The molecule has 1 aliphatic rings. The number of benzene rings is 1. The van der Waals surface area contributed by atoms with Crippen molar-refractivity contribution >= 4 is 17.5 Å². The van der Waals surface area contributed by atoms with Crippen LogP contribution in [0.25, 0.3) is 0 Å². The minimum absolute atomic E-state index is 0.0914. The zero-order valence-corrected chi connectivity index (χ0v) is 12.3. The normalized spacial score (nSPS) is 22.7. The van der Waals surface area contributed by atoms with Crippen molar-refractivity contribution in [2.24, 2.45) is 0 Å². The van der Waals surface area contributed by atoms with Crippen molar-refractivity contribution in [2.45, 2.75) is 25.9 Å². The van der Waals surface area contributed by atoms with Gasteiger partial charge in [0.2, 0.25) is 0 Å². The van der Waals surface area contributed by atoms with Gasteiger partial charge in [-0.2, -0.15) is 0 Å². The molecule has 1 aromatic rings. The zero-order chi connectivity index (χ0) is 14.7. The Morgan fingerprint density at radius 1 is 1.55 bits per heavy atom. The van der Waals surface area contributed by atoms with Crippen LogP contribution < -0.4 is 10.1 Å². The molecule has 1 saturated heterocycles. The number of hydrogen-bond acceptors (Lipinski definition) is 3. The quantitative estimate of drug-likeness (QED) is 0.929. The zero-order valence-electron chi connectivity index (χ0n) is 11.5. The first-order valence-electron chi connectivity index (χ1n) is 6.59. The van der Waals surface area contributed by atoms with Gasteiger partial charge in [0.05, 0.1) is 5.02 Å². The van der Waals surface area contributed by atoms with E-state index in [0.717, 1.165) is 12.6 Å². The van der Waals surface area contributed by atoms with E-state index in [0.29, 0.717) is 12.3 Å². The highest BCUT2D eigenvalue weighted by molar-refractivity contribution is 6.32. The van der Waals surface area contributed by atoms with E-state index in [2.05, 4.69) is 5.32 Å². The van der Waals surface area contributed by atoms with Crippen LogP contribution in [0.4, 0.5) is 4.39 Å². The summed E-state index contributed by atoms with van der Waals surface area (Å²) in [7, 11) is 0. The number of nitrogens with one attached hydrogen (secondary N) is 1. The van der Waals surface area contributed by atoms with Crippen LogP contribution in [-0.2, 0) is 4.79 Å². The summed E-state index contributed by atoms with van der Waals surface area (Å²) in [6.45, 7) is 5.38. The van der Waals surface area contributed by atoms with Crippen LogP contribution >= 0.6 is 11.6 Å². The molecular formula is C14H18ClFN2O2.